The number of amides is 1. The lowest BCUT2D eigenvalue weighted by Crippen LogP contribution is -2.10. The SMILES string of the molecule is O=C(Nc1ccc2[nH]ccc2c1)c1ccc(Br)o1. The first-order chi connectivity index (χ1) is 8.72. The zero-order chi connectivity index (χ0) is 12.5. The minimum atomic E-state index is -0.268. The maximum Gasteiger partial charge on any atom is 0.291 e. The second-order valence-electron chi connectivity index (χ2n) is 3.84. The van der Waals surface area contributed by atoms with Gasteiger partial charge in [0.1, 0.15) is 0 Å². The molecule has 0 unspecified atom stereocenters. The predicted molar refractivity (Wildman–Crippen MR) is 72.7 cm³/mol. The number of halogens is 1. The molecule has 1 aromatic carbocycles. The first kappa shape index (κ1) is 11.1. The number of hydrogen-bond donors (Lipinski definition) is 2. The van der Waals surface area contributed by atoms with Gasteiger partial charge in [0.2, 0.25) is 0 Å². The Morgan fingerprint density at radius 2 is 2.11 bits per heavy atom. The first-order valence-electron chi connectivity index (χ1n) is 5.36. The number of aromatic amines is 1. The van der Waals surface area contributed by atoms with E-state index in [0.717, 1.165) is 16.6 Å². The summed E-state index contributed by atoms with van der Waals surface area (Å²) in [6.45, 7) is 0. The van der Waals surface area contributed by atoms with Crippen LogP contribution in [0, 0.1) is 0 Å². The standard InChI is InChI=1S/C13H9BrN2O2/c14-12-4-3-11(18-12)13(17)16-9-1-2-10-8(7-9)5-6-15-10/h1-7,15H,(H,16,17). The zero-order valence-electron chi connectivity index (χ0n) is 9.24. The van der Waals surface area contributed by atoms with Gasteiger partial charge in [-0.25, -0.2) is 0 Å². The Kier molecular flexibility index (Phi) is 2.68. The molecule has 18 heavy (non-hydrogen) atoms. The van der Waals surface area contributed by atoms with Gasteiger partial charge >= 0.3 is 0 Å². The number of nitrogens with one attached hydrogen (secondary N) is 2. The Morgan fingerprint density at radius 1 is 1.22 bits per heavy atom. The van der Waals surface area contributed by atoms with Crippen molar-refractivity contribution >= 4 is 38.4 Å². The summed E-state index contributed by atoms with van der Waals surface area (Å²) in [5, 5.41) is 3.84. The third-order valence-corrected chi connectivity index (χ3v) is 3.03. The van der Waals surface area contributed by atoms with E-state index in [4.69, 9.17) is 4.42 Å². The van der Waals surface area contributed by atoms with Crippen molar-refractivity contribution in [1.29, 1.82) is 0 Å². The maximum atomic E-state index is 11.9. The van der Waals surface area contributed by atoms with Crippen LogP contribution in [0.4, 0.5) is 5.69 Å². The zero-order valence-corrected chi connectivity index (χ0v) is 10.8. The third-order valence-electron chi connectivity index (χ3n) is 2.61. The van der Waals surface area contributed by atoms with Crippen LogP contribution in [0.5, 0.6) is 0 Å². The highest BCUT2D eigenvalue weighted by Gasteiger charge is 2.10. The molecule has 2 heterocycles. The molecule has 0 aliphatic rings. The number of aromatic nitrogens is 1. The van der Waals surface area contributed by atoms with Gasteiger partial charge in [0, 0.05) is 22.8 Å². The fourth-order valence-corrected chi connectivity index (χ4v) is 2.07. The smallest absolute Gasteiger partial charge is 0.291 e. The Labute approximate surface area is 111 Å². The van der Waals surface area contributed by atoms with Crippen LogP contribution in [0.2, 0.25) is 0 Å². The van der Waals surface area contributed by atoms with Gasteiger partial charge in [0.25, 0.3) is 5.91 Å². The summed E-state index contributed by atoms with van der Waals surface area (Å²) < 4.78 is 5.72. The lowest BCUT2D eigenvalue weighted by molar-refractivity contribution is 0.0995. The molecule has 0 aliphatic carbocycles. The van der Waals surface area contributed by atoms with E-state index in [0.29, 0.717) is 4.67 Å². The van der Waals surface area contributed by atoms with Gasteiger partial charge in [-0.05, 0) is 52.3 Å². The average molecular weight is 305 g/mol. The molecular formula is C13H9BrN2O2. The van der Waals surface area contributed by atoms with Crippen LogP contribution in [-0.2, 0) is 0 Å². The fraction of sp³-hybridized carbons (Fsp3) is 0. The van der Waals surface area contributed by atoms with Crippen LogP contribution >= 0.6 is 15.9 Å². The van der Waals surface area contributed by atoms with Gasteiger partial charge in [-0.3, -0.25) is 4.79 Å². The van der Waals surface area contributed by atoms with Crippen LogP contribution in [0.25, 0.3) is 10.9 Å². The van der Waals surface area contributed by atoms with E-state index in [9.17, 15) is 4.79 Å². The van der Waals surface area contributed by atoms with Crippen molar-refractivity contribution in [2.45, 2.75) is 0 Å². The van der Waals surface area contributed by atoms with Crippen LogP contribution in [0.3, 0.4) is 0 Å². The van der Waals surface area contributed by atoms with Crippen molar-refractivity contribution in [1.82, 2.24) is 4.98 Å². The predicted octanol–water partition coefficient (Wildman–Crippen LogP) is 3.78. The van der Waals surface area contributed by atoms with E-state index in [1.807, 2.05) is 30.5 Å². The van der Waals surface area contributed by atoms with Gasteiger partial charge in [-0.15, -0.1) is 0 Å². The highest BCUT2D eigenvalue weighted by Crippen LogP contribution is 2.19. The molecule has 0 spiro atoms. The van der Waals surface area contributed by atoms with Crippen molar-refractivity contribution in [3.05, 3.63) is 53.0 Å². The Morgan fingerprint density at radius 3 is 2.89 bits per heavy atom. The van der Waals surface area contributed by atoms with Crippen molar-refractivity contribution in [3.8, 4) is 0 Å². The second-order valence-corrected chi connectivity index (χ2v) is 4.62. The van der Waals surface area contributed by atoms with Crippen LogP contribution in [0.1, 0.15) is 10.6 Å². The number of benzene rings is 1. The molecule has 0 saturated heterocycles. The molecule has 2 aromatic heterocycles. The fourth-order valence-electron chi connectivity index (χ4n) is 1.76. The summed E-state index contributed by atoms with van der Waals surface area (Å²) in [6, 6.07) is 10.9. The third kappa shape index (κ3) is 2.04. The number of carbonyl (C=O) groups excluding carboxylic acids is 1. The number of H-pyrrole nitrogens is 1. The highest BCUT2D eigenvalue weighted by molar-refractivity contribution is 9.10. The van der Waals surface area contributed by atoms with Crippen molar-refractivity contribution < 1.29 is 9.21 Å². The number of anilines is 1. The monoisotopic (exact) mass is 304 g/mol. The van der Waals surface area contributed by atoms with Crippen molar-refractivity contribution in [2.75, 3.05) is 5.32 Å². The number of carbonyl (C=O) groups is 1. The first-order valence-corrected chi connectivity index (χ1v) is 6.15. The van der Waals surface area contributed by atoms with Crippen LogP contribution in [0.15, 0.2) is 51.7 Å². The molecule has 5 heteroatoms. The molecule has 0 bridgehead atoms. The normalized spacial score (nSPS) is 10.7. The van der Waals surface area contributed by atoms with Crippen molar-refractivity contribution in [2.24, 2.45) is 0 Å². The summed E-state index contributed by atoms with van der Waals surface area (Å²) >= 11 is 3.16. The van der Waals surface area contributed by atoms with Gasteiger partial charge in [0.05, 0.1) is 0 Å². The summed E-state index contributed by atoms with van der Waals surface area (Å²) in [5.41, 5.74) is 1.77. The van der Waals surface area contributed by atoms with E-state index in [1.165, 1.54) is 0 Å². The summed E-state index contributed by atoms with van der Waals surface area (Å²) in [5.74, 6) is 0.00614. The lowest BCUT2D eigenvalue weighted by atomic mass is 10.2. The van der Waals surface area contributed by atoms with E-state index >= 15 is 0 Å². The number of furan rings is 1. The van der Waals surface area contributed by atoms with E-state index < -0.39 is 0 Å². The minimum Gasteiger partial charge on any atom is -0.444 e. The van der Waals surface area contributed by atoms with Gasteiger partial charge < -0.3 is 14.7 Å². The molecule has 3 aromatic rings. The quantitative estimate of drug-likeness (QED) is 0.757. The molecular weight excluding hydrogens is 296 g/mol. The maximum absolute atomic E-state index is 11.9. The Balaban J connectivity index is 1.85. The van der Waals surface area contributed by atoms with Crippen LogP contribution < -0.4 is 5.32 Å². The number of rotatable bonds is 2. The molecule has 1 amide bonds. The molecule has 2 N–H and O–H groups in total. The Hall–Kier alpha value is -2.01. The molecule has 90 valence electrons. The summed E-state index contributed by atoms with van der Waals surface area (Å²) in [4.78, 5) is 15.0. The summed E-state index contributed by atoms with van der Waals surface area (Å²) in [6.07, 6.45) is 1.86. The molecule has 3 rings (SSSR count). The number of fused-ring (bicyclic) bond motifs is 1. The molecule has 0 saturated carbocycles. The van der Waals surface area contributed by atoms with Crippen LogP contribution in [-0.4, -0.2) is 10.9 Å². The minimum absolute atomic E-state index is 0.268. The van der Waals surface area contributed by atoms with E-state index in [-0.39, 0.29) is 11.7 Å². The van der Waals surface area contributed by atoms with Gasteiger partial charge in [-0.2, -0.15) is 0 Å². The second kappa shape index (κ2) is 4.34. The molecule has 0 fully saturated rings. The summed E-state index contributed by atoms with van der Waals surface area (Å²) in [7, 11) is 0. The average Bonchev–Trinajstić information content (AvgIpc) is 2.96. The topological polar surface area (TPSA) is 58.0 Å². The molecule has 0 aliphatic heterocycles. The molecule has 0 radical (unpaired) electrons. The number of hydrogen-bond acceptors (Lipinski definition) is 2. The lowest BCUT2D eigenvalue weighted by Gasteiger charge is -2.03. The molecule has 4 nitrogen and oxygen atoms in total. The van der Waals surface area contributed by atoms with Gasteiger partial charge in [0.15, 0.2) is 10.4 Å². The van der Waals surface area contributed by atoms with E-state index in [2.05, 4.69) is 26.2 Å². The van der Waals surface area contributed by atoms with Gasteiger partial charge in [-0.1, -0.05) is 0 Å². The molecule has 0 atom stereocenters. The Bertz CT molecular complexity index is 714. The highest BCUT2D eigenvalue weighted by atomic mass is 79.9. The van der Waals surface area contributed by atoms with Crippen molar-refractivity contribution in [3.63, 3.8) is 0 Å². The van der Waals surface area contributed by atoms with E-state index in [1.54, 1.807) is 12.1 Å². The largest absolute Gasteiger partial charge is 0.444 e.